The molecule has 0 atom stereocenters. The van der Waals surface area contributed by atoms with Gasteiger partial charge in [0.25, 0.3) is 11.8 Å². The lowest BCUT2D eigenvalue weighted by molar-refractivity contribution is 0.0995. The molecule has 0 spiro atoms. The van der Waals surface area contributed by atoms with Crippen LogP contribution in [0.2, 0.25) is 0 Å². The number of benzene rings is 1. The molecule has 3 aromatic rings. The third-order valence-corrected chi connectivity index (χ3v) is 4.97. The second-order valence-electron chi connectivity index (χ2n) is 5.75. The van der Waals surface area contributed by atoms with Gasteiger partial charge in [-0.3, -0.25) is 14.3 Å². The van der Waals surface area contributed by atoms with Gasteiger partial charge in [0, 0.05) is 19.2 Å². The number of nitrogens with two attached hydrogens (primary N) is 1. The van der Waals surface area contributed by atoms with E-state index in [9.17, 15) is 9.59 Å². The van der Waals surface area contributed by atoms with Crippen molar-refractivity contribution in [3.63, 3.8) is 0 Å². The minimum absolute atomic E-state index is 0.0480. The Morgan fingerprint density at radius 2 is 2.00 bits per heavy atom. The molecule has 3 N–H and O–H groups in total. The molecule has 2 aromatic heterocycles. The topological polar surface area (TPSA) is 103 Å². The Morgan fingerprint density at radius 3 is 2.65 bits per heavy atom. The summed E-state index contributed by atoms with van der Waals surface area (Å²) in [7, 11) is 0. The summed E-state index contributed by atoms with van der Waals surface area (Å²) in [6.45, 7) is 4.24. The molecular weight excluding hydrogens is 350 g/mol. The number of primary amides is 1. The van der Waals surface area contributed by atoms with Gasteiger partial charge in [-0.05, 0) is 19.4 Å². The van der Waals surface area contributed by atoms with Gasteiger partial charge in [0.05, 0.1) is 16.4 Å². The van der Waals surface area contributed by atoms with E-state index in [0.717, 1.165) is 10.6 Å². The Bertz CT molecular complexity index is 946. The Balaban J connectivity index is 1.80. The fourth-order valence-corrected chi connectivity index (χ4v) is 3.54. The van der Waals surface area contributed by atoms with E-state index in [2.05, 4.69) is 15.4 Å². The highest BCUT2D eigenvalue weighted by molar-refractivity contribution is 7.14. The summed E-state index contributed by atoms with van der Waals surface area (Å²) in [5.74, 6) is -1.00. The maximum Gasteiger partial charge on any atom is 0.271 e. The van der Waals surface area contributed by atoms with Crippen molar-refractivity contribution in [2.24, 2.45) is 5.73 Å². The van der Waals surface area contributed by atoms with Gasteiger partial charge in [-0.1, -0.05) is 30.3 Å². The number of nitrogens with one attached hydrogen (secondary N) is 1. The highest BCUT2D eigenvalue weighted by atomic mass is 32.1. The molecule has 7 nitrogen and oxygen atoms in total. The van der Waals surface area contributed by atoms with Crippen LogP contribution in [-0.4, -0.2) is 26.6 Å². The number of rotatable bonds is 6. The molecule has 0 aliphatic heterocycles. The van der Waals surface area contributed by atoms with E-state index in [0.29, 0.717) is 29.2 Å². The molecule has 0 saturated heterocycles. The van der Waals surface area contributed by atoms with Crippen molar-refractivity contribution in [1.82, 2.24) is 14.8 Å². The van der Waals surface area contributed by atoms with Gasteiger partial charge < -0.3 is 11.1 Å². The van der Waals surface area contributed by atoms with Crippen LogP contribution in [0.1, 0.15) is 43.3 Å². The largest absolute Gasteiger partial charge is 0.364 e. The SMILES string of the molecule is CCn1cc(NC(=O)c2sc(Cc3ccccc3)nc2C)c(C(N)=O)n1. The number of anilines is 1. The molecule has 0 bridgehead atoms. The summed E-state index contributed by atoms with van der Waals surface area (Å²) < 4.78 is 1.55. The molecule has 26 heavy (non-hydrogen) atoms. The average molecular weight is 369 g/mol. The lowest BCUT2D eigenvalue weighted by atomic mass is 10.2. The second kappa shape index (κ2) is 7.49. The number of thiazole rings is 1. The molecule has 0 fully saturated rings. The molecule has 2 amide bonds. The summed E-state index contributed by atoms with van der Waals surface area (Å²) in [6, 6.07) is 9.95. The van der Waals surface area contributed by atoms with Crippen LogP contribution in [0.25, 0.3) is 0 Å². The maximum absolute atomic E-state index is 12.6. The van der Waals surface area contributed by atoms with Crippen LogP contribution in [0.5, 0.6) is 0 Å². The van der Waals surface area contributed by atoms with Crippen molar-refractivity contribution in [3.05, 3.63) is 63.4 Å². The fourth-order valence-electron chi connectivity index (χ4n) is 2.54. The van der Waals surface area contributed by atoms with Gasteiger partial charge in [-0.15, -0.1) is 11.3 Å². The van der Waals surface area contributed by atoms with Crippen LogP contribution in [0.4, 0.5) is 5.69 Å². The van der Waals surface area contributed by atoms with Gasteiger partial charge in [0.2, 0.25) is 0 Å². The lowest BCUT2D eigenvalue weighted by Crippen LogP contribution is -2.17. The quantitative estimate of drug-likeness (QED) is 0.697. The minimum Gasteiger partial charge on any atom is -0.364 e. The molecule has 0 aliphatic rings. The third kappa shape index (κ3) is 3.80. The van der Waals surface area contributed by atoms with E-state index in [1.807, 2.05) is 37.3 Å². The Hall–Kier alpha value is -3.00. The van der Waals surface area contributed by atoms with Crippen molar-refractivity contribution in [3.8, 4) is 0 Å². The number of amides is 2. The van der Waals surface area contributed by atoms with Crippen molar-refractivity contribution >= 4 is 28.8 Å². The van der Waals surface area contributed by atoms with Crippen molar-refractivity contribution in [2.75, 3.05) is 5.32 Å². The van der Waals surface area contributed by atoms with E-state index in [1.165, 1.54) is 11.3 Å². The van der Waals surface area contributed by atoms with Crippen LogP contribution in [0, 0.1) is 6.92 Å². The van der Waals surface area contributed by atoms with Crippen LogP contribution >= 0.6 is 11.3 Å². The standard InChI is InChI=1S/C18H19N5O2S/c1-3-23-10-13(15(22-23)17(19)24)21-18(25)16-11(2)20-14(26-16)9-12-7-5-4-6-8-12/h4-8,10H,3,9H2,1-2H3,(H2,19,24)(H,21,25). The highest BCUT2D eigenvalue weighted by Crippen LogP contribution is 2.23. The molecule has 0 unspecified atom stereocenters. The monoisotopic (exact) mass is 369 g/mol. The Kier molecular flexibility index (Phi) is 5.13. The lowest BCUT2D eigenvalue weighted by Gasteiger charge is -2.02. The molecule has 2 heterocycles. The summed E-state index contributed by atoms with van der Waals surface area (Å²) in [5.41, 5.74) is 7.48. The summed E-state index contributed by atoms with van der Waals surface area (Å²) in [4.78, 5) is 29.2. The zero-order chi connectivity index (χ0) is 18.7. The molecule has 8 heteroatoms. The van der Waals surface area contributed by atoms with Crippen molar-refractivity contribution in [1.29, 1.82) is 0 Å². The van der Waals surface area contributed by atoms with Crippen molar-refractivity contribution < 1.29 is 9.59 Å². The van der Waals surface area contributed by atoms with Gasteiger partial charge in [-0.25, -0.2) is 4.98 Å². The Morgan fingerprint density at radius 1 is 1.27 bits per heavy atom. The number of hydrogen-bond donors (Lipinski definition) is 2. The number of carbonyl (C=O) groups excluding carboxylic acids is 2. The molecule has 134 valence electrons. The number of aromatic nitrogens is 3. The molecule has 0 saturated carbocycles. The molecular formula is C18H19N5O2S. The van der Waals surface area contributed by atoms with Crippen LogP contribution < -0.4 is 11.1 Å². The molecule has 1 aromatic carbocycles. The van der Waals surface area contributed by atoms with Crippen LogP contribution in [-0.2, 0) is 13.0 Å². The Labute approximate surface area is 154 Å². The van der Waals surface area contributed by atoms with Gasteiger partial charge in [-0.2, -0.15) is 5.10 Å². The van der Waals surface area contributed by atoms with E-state index < -0.39 is 5.91 Å². The van der Waals surface area contributed by atoms with Gasteiger partial charge in [0.15, 0.2) is 5.69 Å². The summed E-state index contributed by atoms with van der Waals surface area (Å²) in [6.07, 6.45) is 2.26. The maximum atomic E-state index is 12.6. The zero-order valence-corrected chi connectivity index (χ0v) is 15.3. The predicted octanol–water partition coefficient (Wildman–Crippen LogP) is 2.61. The van der Waals surface area contributed by atoms with E-state index >= 15 is 0 Å². The molecule has 0 aliphatic carbocycles. The smallest absolute Gasteiger partial charge is 0.271 e. The predicted molar refractivity (Wildman–Crippen MR) is 100 cm³/mol. The first-order chi connectivity index (χ1) is 12.5. The molecule has 3 rings (SSSR count). The van der Waals surface area contributed by atoms with E-state index in [-0.39, 0.29) is 11.6 Å². The van der Waals surface area contributed by atoms with E-state index in [1.54, 1.807) is 17.8 Å². The van der Waals surface area contributed by atoms with Gasteiger partial charge >= 0.3 is 0 Å². The zero-order valence-electron chi connectivity index (χ0n) is 14.5. The normalized spacial score (nSPS) is 10.7. The third-order valence-electron chi connectivity index (χ3n) is 3.81. The first kappa shape index (κ1) is 17.8. The summed E-state index contributed by atoms with van der Waals surface area (Å²) in [5, 5.41) is 7.66. The fraction of sp³-hybridized carbons (Fsp3) is 0.222. The number of nitrogens with zero attached hydrogens (tertiary/aromatic N) is 3. The number of aryl methyl sites for hydroxylation is 2. The van der Waals surface area contributed by atoms with Crippen LogP contribution in [0.15, 0.2) is 36.5 Å². The second-order valence-corrected chi connectivity index (χ2v) is 6.83. The highest BCUT2D eigenvalue weighted by Gasteiger charge is 2.20. The first-order valence-corrected chi connectivity index (χ1v) is 8.98. The first-order valence-electron chi connectivity index (χ1n) is 8.16. The summed E-state index contributed by atoms with van der Waals surface area (Å²) >= 11 is 1.34. The van der Waals surface area contributed by atoms with Gasteiger partial charge in [0.1, 0.15) is 4.88 Å². The number of hydrogen-bond acceptors (Lipinski definition) is 5. The van der Waals surface area contributed by atoms with Crippen LogP contribution in [0.3, 0.4) is 0 Å². The minimum atomic E-state index is -0.682. The van der Waals surface area contributed by atoms with Crippen molar-refractivity contribution in [2.45, 2.75) is 26.8 Å². The number of carbonyl (C=O) groups is 2. The van der Waals surface area contributed by atoms with E-state index in [4.69, 9.17) is 5.73 Å². The average Bonchev–Trinajstić information content (AvgIpc) is 3.19. The molecule has 0 radical (unpaired) electrons.